The molecule has 0 amide bonds. The average molecular weight is 252 g/mol. The highest BCUT2D eigenvalue weighted by molar-refractivity contribution is 5.67. The molecule has 0 aromatic heterocycles. The number of ether oxygens (including phenoxy) is 1. The zero-order chi connectivity index (χ0) is 13.6. The zero-order valence-corrected chi connectivity index (χ0v) is 12.0. The third kappa shape index (κ3) is 13.0. The van der Waals surface area contributed by atoms with E-state index in [2.05, 4.69) is 25.7 Å². The Hall–Kier alpha value is -1.05. The van der Waals surface area contributed by atoms with E-state index in [4.69, 9.17) is 4.74 Å². The second-order valence-electron chi connectivity index (χ2n) is 4.70. The van der Waals surface area contributed by atoms with Crippen LogP contribution < -0.4 is 0 Å². The summed E-state index contributed by atoms with van der Waals surface area (Å²) >= 11 is 0. The smallest absolute Gasteiger partial charge is 0.307 e. The highest BCUT2D eigenvalue weighted by Gasteiger charge is 1.98. The number of unbranched alkanes of at least 4 members (excludes halogenated alkanes) is 6. The number of carbonyl (C=O) groups excluding carboxylic acids is 1. The summed E-state index contributed by atoms with van der Waals surface area (Å²) in [5.41, 5.74) is 0. The van der Waals surface area contributed by atoms with Crippen LogP contribution in [0.4, 0.5) is 0 Å². The molecule has 104 valence electrons. The van der Waals surface area contributed by atoms with E-state index < -0.39 is 0 Å². The molecule has 0 N–H and O–H groups in total. The van der Waals surface area contributed by atoms with Crippen LogP contribution in [-0.4, -0.2) is 5.97 Å². The SMILES string of the molecule is C=C(CCCCC=CCCCCCC)OC(C)=O. The number of hydrogen-bond acceptors (Lipinski definition) is 2. The minimum Gasteiger partial charge on any atom is -0.432 e. The van der Waals surface area contributed by atoms with Gasteiger partial charge in [-0.3, -0.25) is 4.79 Å². The van der Waals surface area contributed by atoms with Gasteiger partial charge in [0.1, 0.15) is 5.76 Å². The van der Waals surface area contributed by atoms with Crippen molar-refractivity contribution in [2.75, 3.05) is 0 Å². The lowest BCUT2D eigenvalue weighted by Gasteiger charge is -2.03. The van der Waals surface area contributed by atoms with Gasteiger partial charge in [0.25, 0.3) is 0 Å². The third-order valence-corrected chi connectivity index (χ3v) is 2.76. The fourth-order valence-corrected chi connectivity index (χ4v) is 1.76. The normalized spacial score (nSPS) is 10.8. The summed E-state index contributed by atoms with van der Waals surface area (Å²) in [6.07, 6.45) is 15.1. The van der Waals surface area contributed by atoms with Gasteiger partial charge >= 0.3 is 5.97 Å². The van der Waals surface area contributed by atoms with Crippen LogP contribution in [0.15, 0.2) is 24.5 Å². The van der Waals surface area contributed by atoms with Crippen molar-refractivity contribution in [3.8, 4) is 0 Å². The van der Waals surface area contributed by atoms with Crippen LogP contribution in [0.25, 0.3) is 0 Å². The lowest BCUT2D eigenvalue weighted by Crippen LogP contribution is -1.97. The summed E-state index contributed by atoms with van der Waals surface area (Å²) in [4.78, 5) is 10.6. The number of rotatable bonds is 11. The molecule has 2 heteroatoms. The molecule has 0 radical (unpaired) electrons. The first-order chi connectivity index (χ1) is 8.66. The Labute approximate surface area is 112 Å². The average Bonchev–Trinajstić information content (AvgIpc) is 2.30. The van der Waals surface area contributed by atoms with E-state index >= 15 is 0 Å². The first-order valence-corrected chi connectivity index (χ1v) is 7.18. The first-order valence-electron chi connectivity index (χ1n) is 7.18. The van der Waals surface area contributed by atoms with Crippen LogP contribution in [0.5, 0.6) is 0 Å². The van der Waals surface area contributed by atoms with Crippen LogP contribution in [-0.2, 0) is 9.53 Å². The predicted octanol–water partition coefficient (Wildman–Crippen LogP) is 5.15. The van der Waals surface area contributed by atoms with Gasteiger partial charge in [-0.25, -0.2) is 0 Å². The molecule has 0 fully saturated rings. The Kier molecular flexibility index (Phi) is 11.7. The maximum atomic E-state index is 10.6. The molecule has 0 saturated heterocycles. The van der Waals surface area contributed by atoms with Crippen molar-refractivity contribution in [2.24, 2.45) is 0 Å². The Balaban J connectivity index is 3.26. The van der Waals surface area contributed by atoms with Crippen molar-refractivity contribution in [3.05, 3.63) is 24.5 Å². The summed E-state index contributed by atoms with van der Waals surface area (Å²) in [7, 11) is 0. The number of hydrogen-bond donors (Lipinski definition) is 0. The summed E-state index contributed by atoms with van der Waals surface area (Å²) in [5.74, 6) is 0.318. The molecule has 0 rings (SSSR count). The Morgan fingerprint density at radius 1 is 1.06 bits per heavy atom. The molecule has 0 saturated carbocycles. The quantitative estimate of drug-likeness (QED) is 0.220. The molecule has 0 spiro atoms. The van der Waals surface area contributed by atoms with Crippen LogP contribution in [0.1, 0.15) is 71.6 Å². The van der Waals surface area contributed by atoms with Crippen LogP contribution in [0.2, 0.25) is 0 Å². The molecule has 0 aromatic rings. The van der Waals surface area contributed by atoms with E-state index in [9.17, 15) is 4.79 Å². The van der Waals surface area contributed by atoms with Gasteiger partial charge in [-0.2, -0.15) is 0 Å². The number of allylic oxidation sites excluding steroid dienone is 3. The molecule has 0 bridgehead atoms. The van der Waals surface area contributed by atoms with Crippen LogP contribution in [0.3, 0.4) is 0 Å². The molecule has 18 heavy (non-hydrogen) atoms. The Bertz CT molecular complexity index is 254. The van der Waals surface area contributed by atoms with E-state index in [1.807, 2.05) is 0 Å². The number of carbonyl (C=O) groups is 1. The second-order valence-corrected chi connectivity index (χ2v) is 4.70. The highest BCUT2D eigenvalue weighted by Crippen LogP contribution is 2.09. The highest BCUT2D eigenvalue weighted by atomic mass is 16.5. The molecule has 0 aliphatic heterocycles. The van der Waals surface area contributed by atoms with Gasteiger partial charge in [-0.1, -0.05) is 44.9 Å². The summed E-state index contributed by atoms with van der Waals surface area (Å²) in [6.45, 7) is 7.35. The molecule has 2 nitrogen and oxygen atoms in total. The molecule has 0 unspecified atom stereocenters. The monoisotopic (exact) mass is 252 g/mol. The molecule has 0 aliphatic rings. The summed E-state index contributed by atoms with van der Waals surface area (Å²) < 4.78 is 4.88. The molecule has 0 aromatic carbocycles. The van der Waals surface area contributed by atoms with E-state index in [1.54, 1.807) is 0 Å². The maximum Gasteiger partial charge on any atom is 0.307 e. The van der Waals surface area contributed by atoms with Crippen molar-refractivity contribution >= 4 is 5.97 Å². The van der Waals surface area contributed by atoms with Gasteiger partial charge in [-0.15, -0.1) is 0 Å². The zero-order valence-electron chi connectivity index (χ0n) is 12.0. The fraction of sp³-hybridized carbons (Fsp3) is 0.688. The minimum absolute atomic E-state index is 0.271. The standard InChI is InChI=1S/C16H28O2/c1-4-5-6-7-8-9-10-11-12-13-14-15(2)18-16(3)17/h9-10H,2,4-8,11-14H2,1,3H3. The number of esters is 1. The molecular weight excluding hydrogens is 224 g/mol. The lowest BCUT2D eigenvalue weighted by molar-refractivity contribution is -0.137. The van der Waals surface area contributed by atoms with Gasteiger partial charge in [0.15, 0.2) is 0 Å². The molecule has 0 heterocycles. The lowest BCUT2D eigenvalue weighted by atomic mass is 10.1. The van der Waals surface area contributed by atoms with E-state index in [0.29, 0.717) is 5.76 Å². The molecule has 0 atom stereocenters. The van der Waals surface area contributed by atoms with Crippen molar-refractivity contribution in [2.45, 2.75) is 71.6 Å². The Morgan fingerprint density at radius 2 is 1.67 bits per heavy atom. The minimum atomic E-state index is -0.271. The van der Waals surface area contributed by atoms with Crippen LogP contribution >= 0.6 is 0 Å². The summed E-state index contributed by atoms with van der Waals surface area (Å²) in [5, 5.41) is 0. The fourth-order valence-electron chi connectivity index (χ4n) is 1.76. The largest absolute Gasteiger partial charge is 0.432 e. The maximum absolute atomic E-state index is 10.6. The van der Waals surface area contributed by atoms with Gasteiger partial charge < -0.3 is 4.74 Å². The first kappa shape index (κ1) is 16.9. The summed E-state index contributed by atoms with van der Waals surface area (Å²) in [6, 6.07) is 0. The van der Waals surface area contributed by atoms with Gasteiger partial charge in [0.2, 0.25) is 0 Å². The molecular formula is C16H28O2. The van der Waals surface area contributed by atoms with Crippen molar-refractivity contribution in [3.63, 3.8) is 0 Å². The van der Waals surface area contributed by atoms with E-state index in [0.717, 1.165) is 25.7 Å². The van der Waals surface area contributed by atoms with E-state index in [-0.39, 0.29) is 5.97 Å². The molecule has 0 aliphatic carbocycles. The van der Waals surface area contributed by atoms with E-state index in [1.165, 1.54) is 39.0 Å². The topological polar surface area (TPSA) is 26.3 Å². The van der Waals surface area contributed by atoms with Gasteiger partial charge in [-0.05, 0) is 32.1 Å². The van der Waals surface area contributed by atoms with Crippen LogP contribution in [0, 0.1) is 0 Å². The second kappa shape index (κ2) is 12.4. The Morgan fingerprint density at radius 3 is 2.22 bits per heavy atom. The van der Waals surface area contributed by atoms with Gasteiger partial charge in [0, 0.05) is 13.3 Å². The predicted molar refractivity (Wildman–Crippen MR) is 77.3 cm³/mol. The third-order valence-electron chi connectivity index (χ3n) is 2.76. The van der Waals surface area contributed by atoms with Crippen molar-refractivity contribution in [1.82, 2.24) is 0 Å². The van der Waals surface area contributed by atoms with Crippen molar-refractivity contribution < 1.29 is 9.53 Å². The van der Waals surface area contributed by atoms with Crippen molar-refractivity contribution in [1.29, 1.82) is 0 Å². The van der Waals surface area contributed by atoms with Gasteiger partial charge in [0.05, 0.1) is 0 Å².